The van der Waals surface area contributed by atoms with Crippen molar-refractivity contribution in [2.24, 2.45) is 5.92 Å². The van der Waals surface area contributed by atoms with Crippen molar-refractivity contribution in [2.45, 2.75) is 32.9 Å². The highest BCUT2D eigenvalue weighted by Crippen LogP contribution is 2.18. The molecule has 0 fully saturated rings. The van der Waals surface area contributed by atoms with Gasteiger partial charge in [-0.15, -0.1) is 0 Å². The fraction of sp³-hybridized carbons (Fsp3) is 0.462. The molecule has 0 saturated heterocycles. The first-order chi connectivity index (χ1) is 8.31. The van der Waals surface area contributed by atoms with Gasteiger partial charge in [-0.05, 0) is 30.5 Å². The number of carbonyl (C=O) groups is 1. The lowest BCUT2D eigenvalue weighted by atomic mass is 10.0. The Balaban J connectivity index is 2.86. The van der Waals surface area contributed by atoms with Gasteiger partial charge in [-0.25, -0.2) is 8.78 Å². The molecule has 0 spiro atoms. The standard InChI is InChI=1S/C13H17F2NO2/c1-7(2)12(13(17)18)16-8(3)9-4-10(14)6-11(15)5-9/h4-8,12,16H,1-3H3,(H,17,18). The molecule has 0 saturated carbocycles. The fourth-order valence-corrected chi connectivity index (χ4v) is 1.74. The molecule has 0 amide bonds. The summed E-state index contributed by atoms with van der Waals surface area (Å²) in [6.07, 6.45) is 0. The normalized spacial score (nSPS) is 14.6. The Labute approximate surface area is 105 Å². The Bertz CT molecular complexity index is 415. The number of nitrogens with one attached hydrogen (secondary N) is 1. The van der Waals surface area contributed by atoms with Crippen molar-refractivity contribution in [3.8, 4) is 0 Å². The summed E-state index contributed by atoms with van der Waals surface area (Å²) in [7, 11) is 0. The summed E-state index contributed by atoms with van der Waals surface area (Å²) in [4.78, 5) is 11.0. The van der Waals surface area contributed by atoms with Crippen molar-refractivity contribution < 1.29 is 18.7 Å². The molecule has 2 atom stereocenters. The van der Waals surface area contributed by atoms with Crippen LogP contribution in [0.5, 0.6) is 0 Å². The zero-order chi connectivity index (χ0) is 13.9. The monoisotopic (exact) mass is 257 g/mol. The van der Waals surface area contributed by atoms with Crippen LogP contribution in [0, 0.1) is 17.6 Å². The van der Waals surface area contributed by atoms with Gasteiger partial charge in [0, 0.05) is 12.1 Å². The Morgan fingerprint density at radius 3 is 2.06 bits per heavy atom. The van der Waals surface area contributed by atoms with Gasteiger partial charge in [0.2, 0.25) is 0 Å². The van der Waals surface area contributed by atoms with E-state index >= 15 is 0 Å². The Kier molecular flexibility index (Phi) is 4.78. The molecule has 3 nitrogen and oxygen atoms in total. The SMILES string of the molecule is CC(NC(C(=O)O)C(C)C)c1cc(F)cc(F)c1. The zero-order valence-electron chi connectivity index (χ0n) is 10.6. The highest BCUT2D eigenvalue weighted by molar-refractivity contribution is 5.73. The predicted molar refractivity (Wildman–Crippen MR) is 64.2 cm³/mol. The van der Waals surface area contributed by atoms with Gasteiger partial charge < -0.3 is 5.11 Å². The number of aliphatic carboxylic acids is 1. The molecule has 0 aromatic heterocycles. The molecule has 2 unspecified atom stereocenters. The van der Waals surface area contributed by atoms with Gasteiger partial charge in [0.15, 0.2) is 0 Å². The average molecular weight is 257 g/mol. The molecular weight excluding hydrogens is 240 g/mol. The Hall–Kier alpha value is -1.49. The molecule has 1 rings (SSSR count). The second-order valence-electron chi connectivity index (χ2n) is 4.65. The summed E-state index contributed by atoms with van der Waals surface area (Å²) in [5, 5.41) is 11.9. The number of halogens is 2. The molecule has 100 valence electrons. The first kappa shape index (κ1) is 14.6. The average Bonchev–Trinajstić information content (AvgIpc) is 2.23. The van der Waals surface area contributed by atoms with Crippen LogP contribution in [-0.4, -0.2) is 17.1 Å². The summed E-state index contributed by atoms with van der Waals surface area (Å²) in [6.45, 7) is 5.21. The summed E-state index contributed by atoms with van der Waals surface area (Å²) in [5.41, 5.74) is 0.388. The van der Waals surface area contributed by atoms with Crippen molar-refractivity contribution in [2.75, 3.05) is 0 Å². The number of carboxylic acids is 1. The molecule has 0 aliphatic heterocycles. The lowest BCUT2D eigenvalue weighted by molar-refractivity contribution is -0.140. The molecule has 0 heterocycles. The fourth-order valence-electron chi connectivity index (χ4n) is 1.74. The number of benzene rings is 1. The van der Waals surface area contributed by atoms with Crippen molar-refractivity contribution in [1.82, 2.24) is 5.32 Å². The van der Waals surface area contributed by atoms with Crippen molar-refractivity contribution in [3.05, 3.63) is 35.4 Å². The van der Waals surface area contributed by atoms with Gasteiger partial charge >= 0.3 is 5.97 Å². The number of hydrogen-bond acceptors (Lipinski definition) is 2. The second-order valence-corrected chi connectivity index (χ2v) is 4.65. The molecule has 18 heavy (non-hydrogen) atoms. The molecule has 0 aliphatic rings. The van der Waals surface area contributed by atoms with Crippen LogP contribution in [0.1, 0.15) is 32.4 Å². The maximum atomic E-state index is 13.1. The predicted octanol–water partition coefficient (Wildman–Crippen LogP) is 2.72. The zero-order valence-corrected chi connectivity index (χ0v) is 10.6. The molecule has 2 N–H and O–H groups in total. The maximum absolute atomic E-state index is 13.1. The van der Waals surface area contributed by atoms with Crippen LogP contribution in [-0.2, 0) is 4.79 Å². The third-order valence-electron chi connectivity index (χ3n) is 2.75. The minimum absolute atomic E-state index is 0.122. The van der Waals surface area contributed by atoms with Crippen LogP contribution >= 0.6 is 0 Å². The van der Waals surface area contributed by atoms with E-state index in [1.165, 1.54) is 12.1 Å². The van der Waals surface area contributed by atoms with Crippen LogP contribution in [0.15, 0.2) is 18.2 Å². The van der Waals surface area contributed by atoms with E-state index in [-0.39, 0.29) is 5.92 Å². The number of carboxylic acid groups (broad SMARTS) is 1. The van der Waals surface area contributed by atoms with Crippen molar-refractivity contribution in [3.63, 3.8) is 0 Å². The van der Waals surface area contributed by atoms with Gasteiger partial charge in [0.05, 0.1) is 0 Å². The minimum Gasteiger partial charge on any atom is -0.480 e. The molecule has 5 heteroatoms. The molecule has 1 aromatic carbocycles. The molecule has 1 aromatic rings. The topological polar surface area (TPSA) is 49.3 Å². The number of rotatable bonds is 5. The van der Waals surface area contributed by atoms with Crippen LogP contribution in [0.3, 0.4) is 0 Å². The third-order valence-corrected chi connectivity index (χ3v) is 2.75. The van der Waals surface area contributed by atoms with Gasteiger partial charge in [0.1, 0.15) is 17.7 Å². The van der Waals surface area contributed by atoms with E-state index in [4.69, 9.17) is 5.11 Å². The van der Waals surface area contributed by atoms with Crippen LogP contribution in [0.2, 0.25) is 0 Å². The van der Waals surface area contributed by atoms with E-state index < -0.39 is 29.7 Å². The maximum Gasteiger partial charge on any atom is 0.320 e. The van der Waals surface area contributed by atoms with E-state index in [1.54, 1.807) is 20.8 Å². The van der Waals surface area contributed by atoms with Gasteiger partial charge in [-0.3, -0.25) is 10.1 Å². The first-order valence-electron chi connectivity index (χ1n) is 5.76. The van der Waals surface area contributed by atoms with Crippen LogP contribution < -0.4 is 5.32 Å². The smallest absolute Gasteiger partial charge is 0.320 e. The summed E-state index contributed by atoms with van der Waals surface area (Å²) < 4.78 is 26.1. The van der Waals surface area contributed by atoms with E-state index in [9.17, 15) is 13.6 Å². The highest BCUT2D eigenvalue weighted by atomic mass is 19.1. The summed E-state index contributed by atoms with van der Waals surface area (Å²) >= 11 is 0. The molecule has 0 radical (unpaired) electrons. The van der Waals surface area contributed by atoms with Gasteiger partial charge in [0.25, 0.3) is 0 Å². The molecule has 0 bridgehead atoms. The third kappa shape index (κ3) is 3.77. The summed E-state index contributed by atoms with van der Waals surface area (Å²) in [5.74, 6) is -2.44. The van der Waals surface area contributed by atoms with Gasteiger partial charge in [-0.2, -0.15) is 0 Å². The van der Waals surface area contributed by atoms with Crippen LogP contribution in [0.25, 0.3) is 0 Å². The van der Waals surface area contributed by atoms with Gasteiger partial charge in [-0.1, -0.05) is 13.8 Å². The van der Waals surface area contributed by atoms with E-state index in [2.05, 4.69) is 5.32 Å². The van der Waals surface area contributed by atoms with E-state index in [0.717, 1.165) is 6.07 Å². The lowest BCUT2D eigenvalue weighted by Crippen LogP contribution is -2.42. The highest BCUT2D eigenvalue weighted by Gasteiger charge is 2.23. The lowest BCUT2D eigenvalue weighted by Gasteiger charge is -2.23. The van der Waals surface area contributed by atoms with Crippen molar-refractivity contribution in [1.29, 1.82) is 0 Å². The largest absolute Gasteiger partial charge is 0.480 e. The van der Waals surface area contributed by atoms with Crippen LogP contribution in [0.4, 0.5) is 8.78 Å². The second kappa shape index (κ2) is 5.91. The first-order valence-corrected chi connectivity index (χ1v) is 5.76. The van der Waals surface area contributed by atoms with E-state index in [1.807, 2.05) is 0 Å². The minimum atomic E-state index is -0.978. The quantitative estimate of drug-likeness (QED) is 0.852. The van der Waals surface area contributed by atoms with E-state index in [0.29, 0.717) is 5.56 Å². The van der Waals surface area contributed by atoms with Crippen molar-refractivity contribution >= 4 is 5.97 Å². The summed E-state index contributed by atoms with van der Waals surface area (Å²) in [6, 6.07) is 1.97. The Morgan fingerprint density at radius 2 is 1.67 bits per heavy atom. The molecule has 0 aliphatic carbocycles. The molecular formula is C13H17F2NO2. The number of hydrogen-bond donors (Lipinski definition) is 2. The Morgan fingerprint density at radius 1 is 1.17 bits per heavy atom.